The average molecular weight is 389 g/mol. The number of methoxy groups -OCH3 is 2. The summed E-state index contributed by atoms with van der Waals surface area (Å²) in [5.41, 5.74) is 2.34. The number of rotatable bonds is 10. The Balaban J connectivity index is 1.72. The maximum absolute atomic E-state index is 5.65. The molecule has 0 heterocycles. The summed E-state index contributed by atoms with van der Waals surface area (Å²) in [5.74, 6) is 2.41. The molecular weight excluding hydrogens is 360 g/mol. The molecule has 27 heavy (non-hydrogen) atoms. The molecule has 0 atom stereocenters. The van der Waals surface area contributed by atoms with E-state index in [2.05, 4.69) is 16.7 Å². The van der Waals surface area contributed by atoms with Crippen molar-refractivity contribution in [2.45, 2.75) is 19.8 Å². The minimum absolute atomic E-state index is 0.657. The fourth-order valence-corrected chi connectivity index (χ4v) is 2.94. The molecular formula is C21H28N2O3S. The predicted molar refractivity (Wildman–Crippen MR) is 113 cm³/mol. The standard InChI is InChI=1S/C21H28N2O3S/c1-4-26-18-8-6-5-7-17(18)12-14-23-21(27)22-13-11-16-9-10-19(24-2)20(15-16)25-3/h5-10,15H,4,11-14H2,1-3H3,(H2,22,23,27). The lowest BCUT2D eigenvalue weighted by Gasteiger charge is -2.13. The Labute approximate surface area is 167 Å². The Kier molecular flexibility index (Phi) is 8.71. The van der Waals surface area contributed by atoms with Crippen LogP contribution in [0.25, 0.3) is 0 Å². The summed E-state index contributed by atoms with van der Waals surface area (Å²) in [6.07, 6.45) is 1.70. The van der Waals surface area contributed by atoms with Crippen LogP contribution in [0.1, 0.15) is 18.1 Å². The molecule has 6 heteroatoms. The molecule has 0 unspecified atom stereocenters. The summed E-state index contributed by atoms with van der Waals surface area (Å²) in [5, 5.41) is 7.14. The number of nitrogens with one attached hydrogen (secondary N) is 2. The number of thiocarbonyl (C=S) groups is 1. The maximum Gasteiger partial charge on any atom is 0.166 e. The molecule has 0 spiro atoms. The van der Waals surface area contributed by atoms with Gasteiger partial charge >= 0.3 is 0 Å². The molecule has 0 aliphatic rings. The quantitative estimate of drug-likeness (QED) is 0.609. The van der Waals surface area contributed by atoms with Gasteiger partial charge in [0.05, 0.1) is 20.8 Å². The molecule has 0 aliphatic carbocycles. The summed E-state index contributed by atoms with van der Waals surface area (Å²) in [7, 11) is 3.28. The van der Waals surface area contributed by atoms with E-state index in [1.54, 1.807) is 14.2 Å². The highest BCUT2D eigenvalue weighted by atomic mass is 32.1. The Hall–Kier alpha value is -2.47. The van der Waals surface area contributed by atoms with E-state index in [1.165, 1.54) is 5.56 Å². The van der Waals surface area contributed by atoms with Gasteiger partial charge in [0.2, 0.25) is 0 Å². The van der Waals surface area contributed by atoms with E-state index in [0.29, 0.717) is 11.7 Å². The zero-order valence-electron chi connectivity index (χ0n) is 16.2. The third-order valence-electron chi connectivity index (χ3n) is 4.10. The normalized spacial score (nSPS) is 10.2. The molecule has 0 aromatic heterocycles. The summed E-state index contributed by atoms with van der Waals surface area (Å²) < 4.78 is 16.2. The lowest BCUT2D eigenvalue weighted by atomic mass is 10.1. The second-order valence-electron chi connectivity index (χ2n) is 5.91. The molecule has 146 valence electrons. The Morgan fingerprint density at radius 1 is 0.889 bits per heavy atom. The smallest absolute Gasteiger partial charge is 0.166 e. The fourth-order valence-electron chi connectivity index (χ4n) is 2.74. The molecule has 0 saturated heterocycles. The molecule has 2 aromatic carbocycles. The van der Waals surface area contributed by atoms with E-state index in [-0.39, 0.29) is 0 Å². The molecule has 0 fully saturated rings. The van der Waals surface area contributed by atoms with Crippen molar-refractivity contribution in [1.29, 1.82) is 0 Å². The molecule has 0 aliphatic heterocycles. The van der Waals surface area contributed by atoms with Crippen LogP contribution in [0.2, 0.25) is 0 Å². The second kappa shape index (κ2) is 11.3. The molecule has 0 radical (unpaired) electrons. The van der Waals surface area contributed by atoms with Crippen LogP contribution in [0, 0.1) is 0 Å². The van der Waals surface area contributed by atoms with E-state index in [4.69, 9.17) is 26.4 Å². The Morgan fingerprint density at radius 2 is 1.59 bits per heavy atom. The van der Waals surface area contributed by atoms with Crippen LogP contribution in [-0.2, 0) is 12.8 Å². The van der Waals surface area contributed by atoms with E-state index in [9.17, 15) is 0 Å². The highest BCUT2D eigenvalue weighted by Crippen LogP contribution is 2.27. The first-order chi connectivity index (χ1) is 13.2. The molecule has 2 N–H and O–H groups in total. The van der Waals surface area contributed by atoms with Gasteiger partial charge in [-0.2, -0.15) is 0 Å². The number of para-hydroxylation sites is 1. The zero-order chi connectivity index (χ0) is 19.5. The van der Waals surface area contributed by atoms with Crippen molar-refractivity contribution in [3.05, 3.63) is 53.6 Å². The summed E-state index contributed by atoms with van der Waals surface area (Å²) >= 11 is 5.36. The van der Waals surface area contributed by atoms with E-state index < -0.39 is 0 Å². The van der Waals surface area contributed by atoms with Crippen LogP contribution in [-0.4, -0.2) is 39.0 Å². The lowest BCUT2D eigenvalue weighted by Crippen LogP contribution is -2.37. The highest BCUT2D eigenvalue weighted by Gasteiger charge is 2.05. The van der Waals surface area contributed by atoms with Crippen LogP contribution in [0.5, 0.6) is 17.2 Å². The SMILES string of the molecule is CCOc1ccccc1CCNC(=S)NCCc1ccc(OC)c(OC)c1. The molecule has 0 amide bonds. The van der Waals surface area contributed by atoms with Crippen molar-refractivity contribution in [3.63, 3.8) is 0 Å². The highest BCUT2D eigenvalue weighted by molar-refractivity contribution is 7.80. The van der Waals surface area contributed by atoms with Crippen molar-refractivity contribution in [3.8, 4) is 17.2 Å². The third-order valence-corrected chi connectivity index (χ3v) is 4.39. The van der Waals surface area contributed by atoms with Gasteiger partial charge < -0.3 is 24.8 Å². The first kappa shape index (κ1) is 20.8. The largest absolute Gasteiger partial charge is 0.494 e. The number of hydrogen-bond donors (Lipinski definition) is 2. The van der Waals surface area contributed by atoms with Crippen LogP contribution in [0.3, 0.4) is 0 Å². The Bertz CT molecular complexity index is 737. The first-order valence-electron chi connectivity index (χ1n) is 9.11. The Morgan fingerprint density at radius 3 is 2.30 bits per heavy atom. The van der Waals surface area contributed by atoms with E-state index in [1.807, 2.05) is 43.3 Å². The van der Waals surface area contributed by atoms with Gasteiger partial charge in [-0.1, -0.05) is 24.3 Å². The molecule has 5 nitrogen and oxygen atoms in total. The average Bonchev–Trinajstić information content (AvgIpc) is 2.69. The van der Waals surface area contributed by atoms with Crippen molar-refractivity contribution in [2.24, 2.45) is 0 Å². The zero-order valence-corrected chi connectivity index (χ0v) is 17.0. The monoisotopic (exact) mass is 388 g/mol. The van der Waals surface area contributed by atoms with Gasteiger partial charge in [0.1, 0.15) is 5.75 Å². The van der Waals surface area contributed by atoms with Crippen molar-refractivity contribution in [1.82, 2.24) is 10.6 Å². The minimum atomic E-state index is 0.657. The van der Waals surface area contributed by atoms with Crippen LogP contribution < -0.4 is 24.8 Å². The van der Waals surface area contributed by atoms with E-state index >= 15 is 0 Å². The van der Waals surface area contributed by atoms with Gasteiger partial charge in [0.25, 0.3) is 0 Å². The minimum Gasteiger partial charge on any atom is -0.494 e. The van der Waals surface area contributed by atoms with Gasteiger partial charge in [-0.3, -0.25) is 0 Å². The molecule has 2 rings (SSSR count). The van der Waals surface area contributed by atoms with Gasteiger partial charge in [0.15, 0.2) is 16.6 Å². The van der Waals surface area contributed by atoms with Gasteiger partial charge in [-0.15, -0.1) is 0 Å². The fraction of sp³-hybridized carbons (Fsp3) is 0.381. The topological polar surface area (TPSA) is 51.8 Å². The van der Waals surface area contributed by atoms with Crippen molar-refractivity contribution < 1.29 is 14.2 Å². The molecule has 0 bridgehead atoms. The maximum atomic E-state index is 5.65. The van der Waals surface area contributed by atoms with Gasteiger partial charge in [0, 0.05) is 13.1 Å². The van der Waals surface area contributed by atoms with Crippen LogP contribution in [0.15, 0.2) is 42.5 Å². The number of hydrogen-bond acceptors (Lipinski definition) is 4. The molecule has 0 saturated carbocycles. The van der Waals surface area contributed by atoms with Crippen LogP contribution in [0.4, 0.5) is 0 Å². The second-order valence-corrected chi connectivity index (χ2v) is 6.32. The lowest BCUT2D eigenvalue weighted by molar-refractivity contribution is 0.336. The summed E-state index contributed by atoms with van der Waals surface area (Å²) in [6.45, 7) is 4.16. The first-order valence-corrected chi connectivity index (χ1v) is 9.52. The summed E-state index contributed by atoms with van der Waals surface area (Å²) in [6, 6.07) is 14.0. The number of ether oxygens (including phenoxy) is 3. The van der Waals surface area contributed by atoms with E-state index in [0.717, 1.165) is 48.7 Å². The number of benzene rings is 2. The van der Waals surface area contributed by atoms with Crippen molar-refractivity contribution >= 4 is 17.3 Å². The predicted octanol–water partition coefficient (Wildman–Crippen LogP) is 3.35. The molecule has 2 aromatic rings. The van der Waals surface area contributed by atoms with Gasteiger partial charge in [-0.25, -0.2) is 0 Å². The van der Waals surface area contributed by atoms with Crippen molar-refractivity contribution in [2.75, 3.05) is 33.9 Å². The summed E-state index contributed by atoms with van der Waals surface area (Å²) in [4.78, 5) is 0. The third kappa shape index (κ3) is 6.64. The van der Waals surface area contributed by atoms with Gasteiger partial charge in [-0.05, 0) is 61.3 Å². The van der Waals surface area contributed by atoms with Crippen LogP contribution >= 0.6 is 12.2 Å².